The Hall–Kier alpha value is -3.41. The zero-order valence-corrected chi connectivity index (χ0v) is 20.8. The molecule has 36 heavy (non-hydrogen) atoms. The Kier molecular flexibility index (Phi) is 8.93. The van der Waals surface area contributed by atoms with Crippen LogP contribution in [0.15, 0.2) is 30.7 Å². The fourth-order valence-corrected chi connectivity index (χ4v) is 4.24. The number of nitrogens with one attached hydrogen (secondary N) is 4. The number of aromatic nitrogens is 3. The van der Waals surface area contributed by atoms with Crippen LogP contribution >= 0.6 is 0 Å². The van der Waals surface area contributed by atoms with Gasteiger partial charge < -0.3 is 34.9 Å². The highest BCUT2D eigenvalue weighted by Gasteiger charge is 2.20. The molecule has 0 saturated carbocycles. The summed E-state index contributed by atoms with van der Waals surface area (Å²) < 4.78 is 17.1. The van der Waals surface area contributed by atoms with Gasteiger partial charge in [0.25, 0.3) is 0 Å². The molecule has 2 aromatic heterocycles. The molecule has 5 N–H and O–H groups in total. The molecule has 1 aromatic carbocycles. The average molecular weight is 500 g/mol. The molecular formula is C25H35N6O5+. The summed E-state index contributed by atoms with van der Waals surface area (Å²) in [6.45, 7) is 3.54. The fraction of sp³-hybridized carbons (Fsp3) is 0.480. The number of benzene rings is 1. The summed E-state index contributed by atoms with van der Waals surface area (Å²) in [6, 6.07) is 5.43. The molecule has 0 spiro atoms. The standard InChI is InChI=1S/C25H34N6O5/c1-26-8-3-9-31(2)14-17-13-27-24-23(17)25(29-16-28-24)30-18-4-5-20(21(12-18)35-15-22(32)33)36-19-6-10-34-11-7-19/h4-5,12-13,16,19,26H,3,6-11,14-15H2,1-2H3,(H,32,33)(H2,27,28,29,30)/p+1. The van der Waals surface area contributed by atoms with Gasteiger partial charge in [0.05, 0.1) is 19.4 Å². The molecule has 0 radical (unpaired) electrons. The van der Waals surface area contributed by atoms with Crippen molar-refractivity contribution in [3.63, 3.8) is 0 Å². The second kappa shape index (κ2) is 12.5. The predicted octanol–water partition coefficient (Wildman–Crippen LogP) is 2.18. The lowest BCUT2D eigenvalue weighted by atomic mass is 10.1. The summed E-state index contributed by atoms with van der Waals surface area (Å²) in [5.41, 5.74) is 2.70. The highest BCUT2D eigenvalue weighted by Crippen LogP contribution is 2.34. The van der Waals surface area contributed by atoms with Gasteiger partial charge in [0.1, 0.15) is 11.5 Å². The minimum absolute atomic E-state index is 0.00296. The summed E-state index contributed by atoms with van der Waals surface area (Å²) in [4.78, 5) is 24.4. The predicted molar refractivity (Wildman–Crippen MR) is 135 cm³/mol. The van der Waals surface area contributed by atoms with E-state index >= 15 is 0 Å². The SMILES string of the molecule is CNCCCN(C)Cc1c[nH]c2[nH+]cnc(Nc3ccc(OC4CCOCC4)c(OCC(=O)O)c3)c12. The van der Waals surface area contributed by atoms with Crippen molar-refractivity contribution in [2.75, 3.05) is 52.3 Å². The van der Waals surface area contributed by atoms with Gasteiger partial charge in [0.2, 0.25) is 17.8 Å². The summed E-state index contributed by atoms with van der Waals surface area (Å²) in [5.74, 6) is 0.513. The number of carboxylic acids is 1. The van der Waals surface area contributed by atoms with Crippen molar-refractivity contribution in [1.82, 2.24) is 20.2 Å². The average Bonchev–Trinajstić information content (AvgIpc) is 3.28. The van der Waals surface area contributed by atoms with Gasteiger partial charge in [-0.25, -0.2) is 9.78 Å². The topological polar surface area (TPSA) is 135 Å². The van der Waals surface area contributed by atoms with Gasteiger partial charge in [0, 0.05) is 36.7 Å². The maximum Gasteiger partial charge on any atom is 0.341 e. The van der Waals surface area contributed by atoms with Gasteiger partial charge in [-0.05, 0) is 45.7 Å². The van der Waals surface area contributed by atoms with Crippen LogP contribution in [0, 0.1) is 0 Å². The van der Waals surface area contributed by atoms with Crippen molar-refractivity contribution < 1.29 is 29.1 Å². The molecule has 3 heterocycles. The highest BCUT2D eigenvalue weighted by molar-refractivity contribution is 5.90. The van der Waals surface area contributed by atoms with Crippen molar-refractivity contribution >= 4 is 28.5 Å². The number of ether oxygens (including phenoxy) is 3. The number of H-pyrrole nitrogens is 2. The van der Waals surface area contributed by atoms with E-state index in [1.165, 1.54) is 0 Å². The van der Waals surface area contributed by atoms with Crippen LogP contribution in [0.2, 0.25) is 0 Å². The number of aromatic amines is 2. The zero-order chi connectivity index (χ0) is 25.3. The first kappa shape index (κ1) is 25.7. The molecule has 1 fully saturated rings. The molecule has 4 rings (SSSR count). The number of nitrogens with zero attached hydrogens (tertiary/aromatic N) is 2. The van der Waals surface area contributed by atoms with E-state index in [4.69, 9.17) is 19.3 Å². The number of carboxylic acid groups (broad SMARTS) is 1. The smallest absolute Gasteiger partial charge is 0.341 e. The van der Waals surface area contributed by atoms with Crippen molar-refractivity contribution in [2.24, 2.45) is 0 Å². The van der Waals surface area contributed by atoms with Crippen molar-refractivity contribution in [3.05, 3.63) is 36.3 Å². The molecular weight excluding hydrogens is 464 g/mol. The van der Waals surface area contributed by atoms with Crippen LogP contribution in [0.1, 0.15) is 24.8 Å². The van der Waals surface area contributed by atoms with Gasteiger partial charge in [-0.2, -0.15) is 0 Å². The van der Waals surface area contributed by atoms with E-state index in [1.807, 2.05) is 19.3 Å². The van der Waals surface area contributed by atoms with Crippen LogP contribution < -0.4 is 25.1 Å². The number of hydrogen-bond donors (Lipinski definition) is 4. The Morgan fingerprint density at radius 2 is 2.17 bits per heavy atom. The molecule has 0 amide bonds. The van der Waals surface area contributed by atoms with Crippen molar-refractivity contribution in [2.45, 2.75) is 31.9 Å². The molecule has 0 atom stereocenters. The Labute approximate surface area is 210 Å². The largest absolute Gasteiger partial charge is 0.486 e. The summed E-state index contributed by atoms with van der Waals surface area (Å²) in [6.07, 6.45) is 6.25. The third-order valence-electron chi connectivity index (χ3n) is 6.03. The first-order chi connectivity index (χ1) is 17.5. The van der Waals surface area contributed by atoms with Crippen molar-refractivity contribution in [1.29, 1.82) is 0 Å². The summed E-state index contributed by atoms with van der Waals surface area (Å²) >= 11 is 0. The molecule has 1 aliphatic rings. The van der Waals surface area contributed by atoms with Crippen LogP contribution in [0.3, 0.4) is 0 Å². The second-order valence-corrected chi connectivity index (χ2v) is 8.91. The molecule has 3 aromatic rings. The molecule has 11 nitrogen and oxygen atoms in total. The Bertz CT molecular complexity index is 1150. The summed E-state index contributed by atoms with van der Waals surface area (Å²) in [5, 5.41) is 16.7. The first-order valence-corrected chi connectivity index (χ1v) is 12.2. The van der Waals surface area contributed by atoms with Crippen molar-refractivity contribution in [3.8, 4) is 11.5 Å². The summed E-state index contributed by atoms with van der Waals surface area (Å²) in [7, 11) is 4.06. The third-order valence-corrected chi connectivity index (χ3v) is 6.03. The molecule has 11 heteroatoms. The molecule has 0 bridgehead atoms. The fourth-order valence-electron chi connectivity index (χ4n) is 4.24. The lowest BCUT2D eigenvalue weighted by molar-refractivity contribution is -0.352. The van der Waals surface area contributed by atoms with E-state index in [2.05, 4.69) is 37.5 Å². The Morgan fingerprint density at radius 1 is 1.33 bits per heavy atom. The van der Waals surface area contributed by atoms with E-state index in [0.717, 1.165) is 55.5 Å². The molecule has 194 valence electrons. The molecule has 1 aliphatic heterocycles. The van der Waals surface area contributed by atoms with Crippen LogP contribution in [-0.4, -0.2) is 79.1 Å². The van der Waals surface area contributed by atoms with E-state index in [9.17, 15) is 4.79 Å². The van der Waals surface area contributed by atoms with Crippen LogP contribution in [0.5, 0.6) is 11.5 Å². The van der Waals surface area contributed by atoms with E-state index in [0.29, 0.717) is 36.2 Å². The number of aliphatic carboxylic acids is 1. The zero-order valence-electron chi connectivity index (χ0n) is 20.8. The van der Waals surface area contributed by atoms with Gasteiger partial charge in [-0.3, -0.25) is 4.98 Å². The third kappa shape index (κ3) is 6.84. The second-order valence-electron chi connectivity index (χ2n) is 8.91. The van der Waals surface area contributed by atoms with Crippen LogP contribution in [0.25, 0.3) is 11.0 Å². The minimum Gasteiger partial charge on any atom is -0.486 e. The maximum absolute atomic E-state index is 11.2. The van der Waals surface area contributed by atoms with Gasteiger partial charge in [-0.15, -0.1) is 0 Å². The normalized spacial score (nSPS) is 14.3. The lowest BCUT2D eigenvalue weighted by Gasteiger charge is -2.24. The monoisotopic (exact) mass is 499 g/mol. The van der Waals surface area contributed by atoms with E-state index < -0.39 is 12.6 Å². The van der Waals surface area contributed by atoms with Crippen LogP contribution in [0.4, 0.5) is 11.5 Å². The Balaban J connectivity index is 1.55. The van der Waals surface area contributed by atoms with Crippen LogP contribution in [-0.2, 0) is 16.1 Å². The molecule has 1 saturated heterocycles. The minimum atomic E-state index is -1.05. The quantitative estimate of drug-likeness (QED) is 0.261. The maximum atomic E-state index is 11.2. The molecule has 0 aliphatic carbocycles. The Morgan fingerprint density at radius 3 is 2.94 bits per heavy atom. The lowest BCUT2D eigenvalue weighted by Crippen LogP contribution is -2.26. The number of carbonyl (C=O) groups is 1. The number of anilines is 2. The number of fused-ring (bicyclic) bond motifs is 1. The first-order valence-electron chi connectivity index (χ1n) is 12.2. The van der Waals surface area contributed by atoms with Gasteiger partial charge in [-0.1, -0.05) is 4.98 Å². The highest BCUT2D eigenvalue weighted by atomic mass is 16.5. The number of hydrogen-bond acceptors (Lipinski definition) is 8. The van der Waals surface area contributed by atoms with E-state index in [-0.39, 0.29) is 6.10 Å². The van der Waals surface area contributed by atoms with E-state index in [1.54, 1.807) is 18.5 Å². The van der Waals surface area contributed by atoms with Gasteiger partial charge in [0.15, 0.2) is 18.1 Å². The number of rotatable bonds is 13. The van der Waals surface area contributed by atoms with Gasteiger partial charge >= 0.3 is 5.97 Å². The molecule has 0 unspecified atom stereocenters.